The SMILES string of the molecule is O=[N+]([O-])c1ccc(O)cc1.[H-].[Na+]. The molecule has 1 aromatic carbocycles. The van der Waals surface area contributed by atoms with Crippen molar-refractivity contribution in [2.24, 2.45) is 0 Å². The van der Waals surface area contributed by atoms with E-state index in [0.717, 1.165) is 0 Å². The van der Waals surface area contributed by atoms with Gasteiger partial charge in [-0.2, -0.15) is 0 Å². The Morgan fingerprint density at radius 1 is 1.36 bits per heavy atom. The van der Waals surface area contributed by atoms with Gasteiger partial charge in [0.2, 0.25) is 0 Å². The first kappa shape index (κ1) is 10.4. The molecule has 0 aliphatic rings. The Morgan fingerprint density at radius 2 is 1.82 bits per heavy atom. The van der Waals surface area contributed by atoms with Gasteiger partial charge in [-0.3, -0.25) is 10.1 Å². The molecule has 0 radical (unpaired) electrons. The van der Waals surface area contributed by atoms with Crippen LogP contribution in [0, 0.1) is 10.1 Å². The van der Waals surface area contributed by atoms with E-state index in [1.165, 1.54) is 24.3 Å². The quantitative estimate of drug-likeness (QED) is 0.308. The van der Waals surface area contributed by atoms with Gasteiger partial charge in [-0.05, 0) is 12.1 Å². The van der Waals surface area contributed by atoms with Gasteiger partial charge in [0.25, 0.3) is 5.69 Å². The number of aromatic hydroxyl groups is 1. The van der Waals surface area contributed by atoms with Crippen LogP contribution in [0.2, 0.25) is 0 Å². The zero-order valence-electron chi connectivity index (χ0n) is 7.02. The molecule has 54 valence electrons. The minimum Gasteiger partial charge on any atom is -1.00 e. The van der Waals surface area contributed by atoms with Crippen LogP contribution in [0.1, 0.15) is 1.43 Å². The average Bonchev–Trinajstić information content (AvgIpc) is 1.88. The Morgan fingerprint density at radius 3 is 2.18 bits per heavy atom. The smallest absolute Gasteiger partial charge is 1.00 e. The van der Waals surface area contributed by atoms with E-state index in [1.54, 1.807) is 0 Å². The average molecular weight is 163 g/mol. The summed E-state index contributed by atoms with van der Waals surface area (Å²) in [6, 6.07) is 5.04. The van der Waals surface area contributed by atoms with Crippen LogP contribution in [0.5, 0.6) is 5.75 Å². The van der Waals surface area contributed by atoms with Crippen LogP contribution in [0.25, 0.3) is 0 Å². The van der Waals surface area contributed by atoms with Crippen molar-refractivity contribution >= 4 is 5.69 Å². The molecule has 0 aliphatic carbocycles. The van der Waals surface area contributed by atoms with Gasteiger partial charge in [0, 0.05) is 12.1 Å². The summed E-state index contributed by atoms with van der Waals surface area (Å²) in [5.41, 5.74) is -0.0159. The first-order chi connectivity index (χ1) is 4.70. The van der Waals surface area contributed by atoms with Gasteiger partial charge in [-0.15, -0.1) is 0 Å². The van der Waals surface area contributed by atoms with E-state index < -0.39 is 4.92 Å². The topological polar surface area (TPSA) is 63.4 Å². The van der Waals surface area contributed by atoms with Gasteiger partial charge < -0.3 is 6.53 Å². The Kier molecular flexibility index (Phi) is 4.10. The zero-order valence-corrected chi connectivity index (χ0v) is 8.02. The Labute approximate surface area is 86.8 Å². The van der Waals surface area contributed by atoms with Crippen molar-refractivity contribution in [1.29, 1.82) is 0 Å². The van der Waals surface area contributed by atoms with Crippen molar-refractivity contribution in [2.45, 2.75) is 0 Å². The summed E-state index contributed by atoms with van der Waals surface area (Å²) >= 11 is 0. The molecule has 1 rings (SSSR count). The molecule has 0 spiro atoms. The molecule has 0 aromatic heterocycles. The molecule has 0 bridgehead atoms. The van der Waals surface area contributed by atoms with Crippen LogP contribution in [-0.4, -0.2) is 10.0 Å². The van der Waals surface area contributed by atoms with E-state index in [-0.39, 0.29) is 42.4 Å². The van der Waals surface area contributed by atoms with E-state index in [2.05, 4.69) is 0 Å². The number of rotatable bonds is 1. The van der Waals surface area contributed by atoms with Gasteiger partial charge in [0.05, 0.1) is 4.92 Å². The Bertz CT molecular complexity index is 251. The minimum atomic E-state index is -0.514. The number of nitrogens with zero attached hydrogens (tertiary/aromatic N) is 1. The first-order valence-corrected chi connectivity index (χ1v) is 2.63. The summed E-state index contributed by atoms with van der Waals surface area (Å²) in [6.07, 6.45) is 0. The molecule has 4 nitrogen and oxygen atoms in total. The summed E-state index contributed by atoms with van der Waals surface area (Å²) in [6.45, 7) is 0. The Hall–Kier alpha value is -0.580. The fraction of sp³-hybridized carbons (Fsp3) is 0. The van der Waals surface area contributed by atoms with Gasteiger partial charge >= 0.3 is 29.6 Å². The number of phenols is 1. The van der Waals surface area contributed by atoms with Crippen molar-refractivity contribution in [1.82, 2.24) is 0 Å². The zero-order chi connectivity index (χ0) is 7.56. The molecule has 5 heteroatoms. The van der Waals surface area contributed by atoms with Crippen LogP contribution < -0.4 is 29.6 Å². The fourth-order valence-electron chi connectivity index (χ4n) is 0.574. The number of nitro groups is 1. The molecular formula is C6H6NNaO3. The molecule has 0 unspecified atom stereocenters. The van der Waals surface area contributed by atoms with Gasteiger partial charge in [-0.25, -0.2) is 0 Å². The van der Waals surface area contributed by atoms with Gasteiger partial charge in [0.1, 0.15) is 5.75 Å². The standard InChI is InChI=1S/C6H5NO3.Na.H/c8-6-3-1-5(2-4-6)7(9)10;;/h1-4,8H;;/q;+1;-1. The van der Waals surface area contributed by atoms with E-state index in [0.29, 0.717) is 0 Å². The number of phenolic OH excluding ortho intramolecular Hbond substituents is 1. The number of non-ortho nitro benzene ring substituents is 1. The van der Waals surface area contributed by atoms with Crippen molar-refractivity contribution in [3.63, 3.8) is 0 Å². The summed E-state index contributed by atoms with van der Waals surface area (Å²) in [5, 5.41) is 18.8. The van der Waals surface area contributed by atoms with E-state index in [1.807, 2.05) is 0 Å². The molecule has 0 saturated carbocycles. The maximum absolute atomic E-state index is 10.0. The third kappa shape index (κ3) is 2.88. The Balaban J connectivity index is 0. The van der Waals surface area contributed by atoms with E-state index >= 15 is 0 Å². The molecular weight excluding hydrogens is 157 g/mol. The molecule has 0 atom stereocenters. The largest absolute Gasteiger partial charge is 1.00 e. The number of hydrogen-bond donors (Lipinski definition) is 1. The second-order valence-corrected chi connectivity index (χ2v) is 1.77. The van der Waals surface area contributed by atoms with Gasteiger partial charge in [-0.1, -0.05) is 0 Å². The maximum Gasteiger partial charge on any atom is 1.00 e. The maximum atomic E-state index is 10.0. The first-order valence-electron chi connectivity index (χ1n) is 2.63. The van der Waals surface area contributed by atoms with E-state index in [9.17, 15) is 10.1 Å². The number of benzene rings is 1. The molecule has 0 fully saturated rings. The van der Waals surface area contributed by atoms with Crippen molar-refractivity contribution in [2.75, 3.05) is 0 Å². The monoisotopic (exact) mass is 163 g/mol. The molecule has 1 aromatic rings. The predicted molar refractivity (Wildman–Crippen MR) is 35.9 cm³/mol. The normalized spacial score (nSPS) is 8.36. The van der Waals surface area contributed by atoms with Crippen LogP contribution >= 0.6 is 0 Å². The van der Waals surface area contributed by atoms with Gasteiger partial charge in [0.15, 0.2) is 0 Å². The van der Waals surface area contributed by atoms with Crippen LogP contribution in [0.15, 0.2) is 24.3 Å². The minimum absolute atomic E-state index is 0. The van der Waals surface area contributed by atoms with Crippen LogP contribution in [0.4, 0.5) is 5.69 Å². The summed E-state index contributed by atoms with van der Waals surface area (Å²) < 4.78 is 0. The summed E-state index contributed by atoms with van der Waals surface area (Å²) in [4.78, 5) is 9.52. The molecule has 0 heterocycles. The fourth-order valence-corrected chi connectivity index (χ4v) is 0.574. The van der Waals surface area contributed by atoms with Crippen molar-refractivity contribution in [3.05, 3.63) is 34.4 Å². The molecule has 0 aliphatic heterocycles. The molecule has 0 saturated heterocycles. The third-order valence-corrected chi connectivity index (χ3v) is 1.06. The molecule has 11 heavy (non-hydrogen) atoms. The predicted octanol–water partition coefficient (Wildman–Crippen LogP) is -1.58. The van der Waals surface area contributed by atoms with Crippen molar-refractivity contribution in [3.8, 4) is 5.75 Å². The third-order valence-electron chi connectivity index (χ3n) is 1.06. The second kappa shape index (κ2) is 4.33. The van der Waals surface area contributed by atoms with Crippen molar-refractivity contribution < 1.29 is 41.0 Å². The number of hydrogen-bond acceptors (Lipinski definition) is 3. The van der Waals surface area contributed by atoms with E-state index in [4.69, 9.17) is 5.11 Å². The second-order valence-electron chi connectivity index (χ2n) is 1.77. The summed E-state index contributed by atoms with van der Waals surface area (Å²) in [7, 11) is 0. The molecule has 1 N–H and O–H groups in total. The van der Waals surface area contributed by atoms with Crippen LogP contribution in [0.3, 0.4) is 0 Å². The number of nitro benzene ring substituents is 1. The summed E-state index contributed by atoms with van der Waals surface area (Å²) in [5.74, 6) is 0.0330. The van der Waals surface area contributed by atoms with Crippen LogP contribution in [-0.2, 0) is 0 Å². The molecule has 0 amide bonds.